The maximum atomic E-state index is 13.1. The number of nitrogens with zero attached hydrogens (tertiary/aromatic N) is 4. The van der Waals surface area contributed by atoms with Gasteiger partial charge in [0.25, 0.3) is 5.91 Å². The third kappa shape index (κ3) is 3.70. The molecule has 2 fully saturated rings. The van der Waals surface area contributed by atoms with Crippen molar-refractivity contribution in [2.75, 3.05) is 0 Å². The van der Waals surface area contributed by atoms with Crippen molar-refractivity contribution in [1.82, 2.24) is 14.9 Å². The predicted octanol–water partition coefficient (Wildman–Crippen LogP) is 4.41. The lowest BCUT2D eigenvalue weighted by Crippen LogP contribution is -2.40. The molecule has 0 N–H and O–H groups in total. The number of amidine groups is 1. The number of carbonyl (C=O) groups is 1. The molecule has 0 radical (unpaired) electrons. The molecule has 132 valence electrons. The van der Waals surface area contributed by atoms with E-state index in [0.717, 1.165) is 29.4 Å². The Morgan fingerprint density at radius 2 is 2.00 bits per heavy atom. The zero-order chi connectivity index (χ0) is 17.8. The van der Waals surface area contributed by atoms with Gasteiger partial charge < -0.3 is 0 Å². The van der Waals surface area contributed by atoms with E-state index in [2.05, 4.69) is 9.97 Å². The average molecular weight is 364 g/mol. The highest BCUT2D eigenvalue weighted by molar-refractivity contribution is 8.18. The summed E-state index contributed by atoms with van der Waals surface area (Å²) < 4.78 is 0. The smallest absolute Gasteiger partial charge is 0.267 e. The quantitative estimate of drug-likeness (QED) is 0.757. The molecule has 6 heteroatoms. The molecule has 1 amide bonds. The van der Waals surface area contributed by atoms with E-state index in [1.165, 1.54) is 31.0 Å². The molecule has 1 saturated heterocycles. The maximum absolute atomic E-state index is 13.1. The second-order valence-corrected chi connectivity index (χ2v) is 7.45. The van der Waals surface area contributed by atoms with Gasteiger partial charge in [0.05, 0.1) is 22.5 Å². The number of aromatic nitrogens is 2. The van der Waals surface area contributed by atoms with Gasteiger partial charge in [-0.3, -0.25) is 19.7 Å². The van der Waals surface area contributed by atoms with E-state index in [1.54, 1.807) is 18.6 Å². The Kier molecular flexibility index (Phi) is 5.11. The number of rotatable bonds is 3. The summed E-state index contributed by atoms with van der Waals surface area (Å²) in [6.45, 7) is 0. The number of amides is 1. The van der Waals surface area contributed by atoms with Crippen molar-refractivity contribution in [2.45, 2.75) is 38.1 Å². The van der Waals surface area contributed by atoms with Crippen LogP contribution in [0.1, 0.15) is 37.8 Å². The average Bonchev–Trinajstić information content (AvgIpc) is 2.99. The van der Waals surface area contributed by atoms with Crippen LogP contribution >= 0.6 is 11.8 Å². The SMILES string of the molecule is O=C1/C(=C/c2ccccn2)SC(=Nc2cccnc2)N1C1CCCCC1. The van der Waals surface area contributed by atoms with Gasteiger partial charge in [0.2, 0.25) is 0 Å². The Morgan fingerprint density at radius 1 is 1.12 bits per heavy atom. The van der Waals surface area contributed by atoms with Crippen molar-refractivity contribution in [3.8, 4) is 0 Å². The number of hydrogen-bond donors (Lipinski definition) is 0. The molecular weight excluding hydrogens is 344 g/mol. The lowest BCUT2D eigenvalue weighted by atomic mass is 9.94. The fourth-order valence-corrected chi connectivity index (χ4v) is 4.40. The Balaban J connectivity index is 1.69. The molecule has 1 aliphatic carbocycles. The molecule has 2 aromatic rings. The third-order valence-corrected chi connectivity index (χ3v) is 5.60. The van der Waals surface area contributed by atoms with Crippen molar-refractivity contribution >= 4 is 34.6 Å². The summed E-state index contributed by atoms with van der Waals surface area (Å²) in [6, 6.07) is 9.69. The van der Waals surface area contributed by atoms with Gasteiger partial charge in [-0.25, -0.2) is 4.99 Å². The van der Waals surface area contributed by atoms with Crippen molar-refractivity contribution < 1.29 is 4.79 Å². The molecule has 2 aliphatic rings. The van der Waals surface area contributed by atoms with E-state index in [9.17, 15) is 4.79 Å². The van der Waals surface area contributed by atoms with E-state index in [4.69, 9.17) is 4.99 Å². The van der Waals surface area contributed by atoms with Crippen molar-refractivity contribution in [2.24, 2.45) is 4.99 Å². The van der Waals surface area contributed by atoms with Gasteiger partial charge in [-0.05, 0) is 54.9 Å². The predicted molar refractivity (Wildman–Crippen MR) is 105 cm³/mol. The van der Waals surface area contributed by atoms with Crippen molar-refractivity contribution in [3.63, 3.8) is 0 Å². The highest BCUT2D eigenvalue weighted by Crippen LogP contribution is 2.38. The second kappa shape index (κ2) is 7.83. The molecule has 4 rings (SSSR count). The summed E-state index contributed by atoms with van der Waals surface area (Å²) >= 11 is 1.43. The normalized spacial score (nSPS) is 21.7. The van der Waals surface area contributed by atoms with Crippen molar-refractivity contribution in [1.29, 1.82) is 0 Å². The molecule has 5 nitrogen and oxygen atoms in total. The zero-order valence-electron chi connectivity index (χ0n) is 14.4. The largest absolute Gasteiger partial charge is 0.283 e. The topological polar surface area (TPSA) is 58.5 Å². The number of thioether (sulfide) groups is 1. The van der Waals surface area contributed by atoms with Crippen LogP contribution in [0.25, 0.3) is 6.08 Å². The minimum atomic E-state index is 0.0372. The summed E-state index contributed by atoms with van der Waals surface area (Å²) in [5.74, 6) is 0.0372. The molecule has 0 aromatic carbocycles. The minimum absolute atomic E-state index is 0.0372. The van der Waals surface area contributed by atoms with Crippen LogP contribution in [-0.2, 0) is 4.79 Å². The second-order valence-electron chi connectivity index (χ2n) is 6.44. The fourth-order valence-electron chi connectivity index (χ4n) is 3.35. The lowest BCUT2D eigenvalue weighted by molar-refractivity contribution is -0.124. The van der Waals surface area contributed by atoms with Gasteiger partial charge in [-0.2, -0.15) is 0 Å². The number of carbonyl (C=O) groups excluding carboxylic acids is 1. The standard InChI is InChI=1S/C20H20N4OS/c25-19-18(13-15-7-4-5-12-22-15)26-20(23-16-8-6-11-21-14-16)24(19)17-9-2-1-3-10-17/h4-8,11-14,17H,1-3,9-10H2/b18-13-,23-20?. The summed E-state index contributed by atoms with van der Waals surface area (Å²) in [4.78, 5) is 28.9. The van der Waals surface area contributed by atoms with Crippen LogP contribution in [0.5, 0.6) is 0 Å². The first-order chi connectivity index (χ1) is 12.8. The van der Waals surface area contributed by atoms with Gasteiger partial charge >= 0.3 is 0 Å². The maximum Gasteiger partial charge on any atom is 0.267 e. The first-order valence-corrected chi connectivity index (χ1v) is 9.76. The summed E-state index contributed by atoms with van der Waals surface area (Å²) in [5.41, 5.74) is 1.55. The van der Waals surface area contributed by atoms with Crippen LogP contribution in [-0.4, -0.2) is 32.0 Å². The highest BCUT2D eigenvalue weighted by atomic mass is 32.2. The molecule has 0 unspecified atom stereocenters. The molecule has 0 spiro atoms. The Morgan fingerprint density at radius 3 is 2.73 bits per heavy atom. The van der Waals surface area contributed by atoms with Gasteiger partial charge in [-0.1, -0.05) is 25.3 Å². The summed E-state index contributed by atoms with van der Waals surface area (Å²) in [6.07, 6.45) is 12.7. The Labute approximate surface area is 157 Å². The van der Waals surface area contributed by atoms with Crippen LogP contribution < -0.4 is 0 Å². The third-order valence-electron chi connectivity index (χ3n) is 4.61. The summed E-state index contributed by atoms with van der Waals surface area (Å²) in [5, 5.41) is 0.747. The number of pyridine rings is 2. The van der Waals surface area contributed by atoms with Crippen LogP contribution in [0.4, 0.5) is 5.69 Å². The first-order valence-electron chi connectivity index (χ1n) is 8.94. The Bertz CT molecular complexity index is 829. The zero-order valence-corrected chi connectivity index (χ0v) is 15.2. The Hall–Kier alpha value is -2.47. The fraction of sp³-hybridized carbons (Fsp3) is 0.300. The van der Waals surface area contributed by atoms with Gasteiger partial charge in [0.15, 0.2) is 5.17 Å². The lowest BCUT2D eigenvalue weighted by Gasteiger charge is -2.30. The number of aliphatic imine (C=N–C) groups is 1. The van der Waals surface area contributed by atoms with Crippen LogP contribution in [0.2, 0.25) is 0 Å². The van der Waals surface area contributed by atoms with E-state index in [-0.39, 0.29) is 11.9 Å². The molecule has 1 saturated carbocycles. The molecule has 2 aromatic heterocycles. The molecule has 3 heterocycles. The van der Waals surface area contributed by atoms with Crippen molar-refractivity contribution in [3.05, 3.63) is 59.5 Å². The van der Waals surface area contributed by atoms with Crippen LogP contribution in [0.3, 0.4) is 0 Å². The van der Waals surface area contributed by atoms with Gasteiger partial charge in [-0.15, -0.1) is 0 Å². The molecule has 0 atom stereocenters. The molecule has 0 bridgehead atoms. The minimum Gasteiger partial charge on any atom is -0.283 e. The van der Waals surface area contributed by atoms with E-state index in [1.807, 2.05) is 41.3 Å². The summed E-state index contributed by atoms with van der Waals surface area (Å²) in [7, 11) is 0. The first kappa shape index (κ1) is 17.0. The van der Waals surface area contributed by atoms with E-state index >= 15 is 0 Å². The molecule has 1 aliphatic heterocycles. The van der Waals surface area contributed by atoms with Gasteiger partial charge in [0, 0.05) is 18.4 Å². The van der Waals surface area contributed by atoms with E-state index < -0.39 is 0 Å². The van der Waals surface area contributed by atoms with Crippen LogP contribution in [0.15, 0.2) is 58.8 Å². The van der Waals surface area contributed by atoms with Gasteiger partial charge in [0.1, 0.15) is 0 Å². The molecule has 26 heavy (non-hydrogen) atoms. The monoisotopic (exact) mass is 364 g/mol. The van der Waals surface area contributed by atoms with E-state index in [0.29, 0.717) is 4.91 Å². The molecular formula is C20H20N4OS. The highest BCUT2D eigenvalue weighted by Gasteiger charge is 2.38. The number of hydrogen-bond acceptors (Lipinski definition) is 5. The van der Waals surface area contributed by atoms with Crippen LogP contribution in [0, 0.1) is 0 Å².